The van der Waals surface area contributed by atoms with Gasteiger partial charge >= 0.3 is 0 Å². The van der Waals surface area contributed by atoms with Crippen LogP contribution in [-0.4, -0.2) is 42.6 Å². The lowest BCUT2D eigenvalue weighted by Crippen LogP contribution is -2.55. The molecule has 158 valence electrons. The number of carbonyl (C=O) groups is 1. The van der Waals surface area contributed by atoms with Gasteiger partial charge in [-0.3, -0.25) is 9.69 Å². The summed E-state index contributed by atoms with van der Waals surface area (Å²) >= 11 is 0. The van der Waals surface area contributed by atoms with Crippen LogP contribution in [0.3, 0.4) is 0 Å². The summed E-state index contributed by atoms with van der Waals surface area (Å²) in [5, 5.41) is 1.22. The zero-order valence-corrected chi connectivity index (χ0v) is 17.6. The Morgan fingerprint density at radius 3 is 2.87 bits per heavy atom. The molecular formula is C24H29N3O3. The van der Waals surface area contributed by atoms with Crippen LogP contribution in [0.25, 0.3) is 10.9 Å². The van der Waals surface area contributed by atoms with Crippen LogP contribution in [0.4, 0.5) is 0 Å². The van der Waals surface area contributed by atoms with Crippen molar-refractivity contribution in [1.82, 2.24) is 9.88 Å². The van der Waals surface area contributed by atoms with E-state index in [1.165, 1.54) is 16.5 Å². The maximum absolute atomic E-state index is 11.9. The summed E-state index contributed by atoms with van der Waals surface area (Å²) in [4.78, 5) is 17.3. The molecule has 0 aliphatic carbocycles. The van der Waals surface area contributed by atoms with Gasteiger partial charge in [0.05, 0.1) is 13.7 Å². The van der Waals surface area contributed by atoms with Gasteiger partial charge in [0.15, 0.2) is 0 Å². The molecule has 1 aromatic heterocycles. The molecule has 0 saturated heterocycles. The molecule has 6 heteroatoms. The van der Waals surface area contributed by atoms with Gasteiger partial charge < -0.3 is 20.2 Å². The summed E-state index contributed by atoms with van der Waals surface area (Å²) < 4.78 is 11.9. The Morgan fingerprint density at radius 1 is 1.27 bits per heavy atom. The number of benzene rings is 2. The predicted molar refractivity (Wildman–Crippen MR) is 117 cm³/mol. The average molecular weight is 408 g/mol. The lowest BCUT2D eigenvalue weighted by molar-refractivity contribution is -0.175. The highest BCUT2D eigenvalue weighted by Crippen LogP contribution is 2.42. The molecule has 30 heavy (non-hydrogen) atoms. The van der Waals surface area contributed by atoms with E-state index in [4.69, 9.17) is 15.2 Å². The van der Waals surface area contributed by atoms with Crippen molar-refractivity contribution in [2.45, 2.75) is 31.9 Å². The second-order valence-corrected chi connectivity index (χ2v) is 7.74. The Bertz CT molecular complexity index is 1050. The molecule has 3 N–H and O–H groups in total. The van der Waals surface area contributed by atoms with Crippen molar-refractivity contribution in [3.8, 4) is 5.75 Å². The van der Waals surface area contributed by atoms with Gasteiger partial charge in [0.2, 0.25) is 5.91 Å². The van der Waals surface area contributed by atoms with E-state index in [0.29, 0.717) is 13.2 Å². The van der Waals surface area contributed by atoms with Crippen LogP contribution >= 0.6 is 0 Å². The number of nitrogens with two attached hydrogens (primary N) is 1. The third-order valence-electron chi connectivity index (χ3n) is 6.03. The SMILES string of the molecule is CCOC1(CCc2c[nH]c3ccccc23)c2ccc(OC)cc2CCN1CC(N)=O. The Balaban J connectivity index is 1.75. The van der Waals surface area contributed by atoms with Crippen molar-refractivity contribution in [2.75, 3.05) is 26.8 Å². The third kappa shape index (κ3) is 3.68. The maximum atomic E-state index is 11.9. The van der Waals surface area contributed by atoms with E-state index >= 15 is 0 Å². The summed E-state index contributed by atoms with van der Waals surface area (Å²) in [6, 6.07) is 14.4. The summed E-state index contributed by atoms with van der Waals surface area (Å²) in [6.07, 6.45) is 4.42. The minimum absolute atomic E-state index is 0.166. The second kappa shape index (κ2) is 8.50. The molecular weight excluding hydrogens is 378 g/mol. The van der Waals surface area contributed by atoms with E-state index in [2.05, 4.69) is 46.4 Å². The zero-order valence-electron chi connectivity index (χ0n) is 17.6. The van der Waals surface area contributed by atoms with Crippen LogP contribution in [0.1, 0.15) is 30.0 Å². The number of nitrogens with zero attached hydrogens (tertiary/aromatic N) is 1. The summed E-state index contributed by atoms with van der Waals surface area (Å²) in [6.45, 7) is 3.40. The third-order valence-corrected chi connectivity index (χ3v) is 6.03. The van der Waals surface area contributed by atoms with Crippen LogP contribution in [0.2, 0.25) is 0 Å². The van der Waals surface area contributed by atoms with Crippen LogP contribution < -0.4 is 10.5 Å². The number of para-hydroxylation sites is 1. The molecule has 0 fully saturated rings. The number of nitrogens with one attached hydrogen (secondary N) is 1. The average Bonchev–Trinajstić information content (AvgIpc) is 3.17. The Labute approximate surface area is 177 Å². The van der Waals surface area contributed by atoms with Crippen molar-refractivity contribution < 1.29 is 14.3 Å². The number of carbonyl (C=O) groups excluding carboxylic acids is 1. The fourth-order valence-corrected chi connectivity index (χ4v) is 4.70. The van der Waals surface area contributed by atoms with Gasteiger partial charge in [0, 0.05) is 35.8 Å². The Morgan fingerprint density at radius 2 is 2.10 bits per heavy atom. The molecule has 0 spiro atoms. The van der Waals surface area contributed by atoms with Crippen molar-refractivity contribution in [1.29, 1.82) is 0 Å². The highest BCUT2D eigenvalue weighted by molar-refractivity contribution is 5.83. The molecule has 1 amide bonds. The standard InChI is InChI=1S/C24H29N3O3/c1-3-30-24(12-10-18-15-26-22-7-5-4-6-20(18)22)21-9-8-19(29-2)14-17(21)11-13-27(24)16-23(25)28/h4-9,14-15,26H,3,10-13,16H2,1-2H3,(H2,25,28). The molecule has 0 radical (unpaired) electrons. The number of ether oxygens (including phenoxy) is 2. The number of aryl methyl sites for hydroxylation is 1. The smallest absolute Gasteiger partial charge is 0.231 e. The number of aromatic amines is 1. The van der Waals surface area contributed by atoms with Gasteiger partial charge in [-0.2, -0.15) is 0 Å². The number of hydrogen-bond donors (Lipinski definition) is 2. The minimum Gasteiger partial charge on any atom is -0.497 e. The molecule has 4 rings (SSSR count). The highest BCUT2D eigenvalue weighted by Gasteiger charge is 2.44. The van der Waals surface area contributed by atoms with Crippen LogP contribution in [0.15, 0.2) is 48.7 Å². The van der Waals surface area contributed by atoms with Gasteiger partial charge in [-0.15, -0.1) is 0 Å². The fraction of sp³-hybridized carbons (Fsp3) is 0.375. The molecule has 1 unspecified atom stereocenters. The number of amides is 1. The van der Waals surface area contributed by atoms with E-state index < -0.39 is 5.72 Å². The van der Waals surface area contributed by atoms with E-state index in [0.717, 1.165) is 36.1 Å². The van der Waals surface area contributed by atoms with Crippen molar-refractivity contribution >= 4 is 16.8 Å². The number of aromatic nitrogens is 1. The number of rotatable bonds is 8. The lowest BCUT2D eigenvalue weighted by Gasteiger charge is -2.47. The lowest BCUT2D eigenvalue weighted by atomic mass is 9.85. The van der Waals surface area contributed by atoms with Gasteiger partial charge in [-0.05, 0) is 55.5 Å². The van der Waals surface area contributed by atoms with Crippen molar-refractivity contribution in [3.05, 3.63) is 65.4 Å². The Hall–Kier alpha value is -2.83. The summed E-state index contributed by atoms with van der Waals surface area (Å²) in [5.41, 5.74) is 9.56. The Kier molecular flexibility index (Phi) is 5.79. The van der Waals surface area contributed by atoms with Crippen LogP contribution in [0.5, 0.6) is 5.75 Å². The van der Waals surface area contributed by atoms with Crippen LogP contribution in [-0.2, 0) is 28.1 Å². The largest absolute Gasteiger partial charge is 0.497 e. The molecule has 0 bridgehead atoms. The monoisotopic (exact) mass is 407 g/mol. The molecule has 2 heterocycles. The molecule has 1 aliphatic heterocycles. The highest BCUT2D eigenvalue weighted by atomic mass is 16.5. The van der Waals surface area contributed by atoms with Gasteiger partial charge in [-0.25, -0.2) is 0 Å². The predicted octanol–water partition coefficient (Wildman–Crippen LogP) is 3.34. The maximum Gasteiger partial charge on any atom is 0.231 e. The summed E-state index contributed by atoms with van der Waals surface area (Å²) in [5.74, 6) is 0.488. The normalized spacial score (nSPS) is 19.0. The van der Waals surface area contributed by atoms with Crippen molar-refractivity contribution in [3.63, 3.8) is 0 Å². The molecule has 1 aliphatic rings. The van der Waals surface area contributed by atoms with Gasteiger partial charge in [0.1, 0.15) is 11.5 Å². The van der Waals surface area contributed by atoms with E-state index in [9.17, 15) is 4.79 Å². The van der Waals surface area contributed by atoms with E-state index in [1.54, 1.807) is 7.11 Å². The number of hydrogen-bond acceptors (Lipinski definition) is 4. The first kappa shape index (κ1) is 20.4. The van der Waals surface area contributed by atoms with E-state index in [1.807, 2.05) is 19.1 Å². The summed E-state index contributed by atoms with van der Waals surface area (Å²) in [7, 11) is 1.68. The number of H-pyrrole nitrogens is 1. The second-order valence-electron chi connectivity index (χ2n) is 7.74. The number of fused-ring (bicyclic) bond motifs is 2. The molecule has 2 aromatic carbocycles. The van der Waals surface area contributed by atoms with Crippen molar-refractivity contribution in [2.24, 2.45) is 5.73 Å². The van der Waals surface area contributed by atoms with Gasteiger partial charge in [0.25, 0.3) is 0 Å². The molecule has 3 aromatic rings. The van der Waals surface area contributed by atoms with E-state index in [-0.39, 0.29) is 12.5 Å². The minimum atomic E-state index is -0.706. The van der Waals surface area contributed by atoms with Crippen LogP contribution in [0, 0.1) is 0 Å². The first-order valence-electron chi connectivity index (χ1n) is 10.5. The molecule has 0 saturated carbocycles. The topological polar surface area (TPSA) is 80.6 Å². The first-order chi connectivity index (χ1) is 14.6. The fourth-order valence-electron chi connectivity index (χ4n) is 4.70. The zero-order chi connectivity index (χ0) is 21.1. The quantitative estimate of drug-likeness (QED) is 0.600. The first-order valence-corrected chi connectivity index (χ1v) is 10.5. The number of primary amides is 1. The molecule has 6 nitrogen and oxygen atoms in total. The number of methoxy groups -OCH3 is 1. The van der Waals surface area contributed by atoms with Gasteiger partial charge in [-0.1, -0.05) is 24.3 Å². The molecule has 1 atom stereocenters.